The third-order valence-corrected chi connectivity index (χ3v) is 4.35. The van der Waals surface area contributed by atoms with Gasteiger partial charge in [-0.2, -0.15) is 0 Å². The molecule has 0 aromatic carbocycles. The zero-order valence-electron chi connectivity index (χ0n) is 13.7. The molecule has 5 heteroatoms. The lowest BCUT2D eigenvalue weighted by atomic mass is 9.97. The monoisotopic (exact) mass is 309 g/mol. The van der Waals surface area contributed by atoms with Gasteiger partial charge in [0.1, 0.15) is 8.07 Å². The molecule has 0 aromatic heterocycles. The molecule has 0 radical (unpaired) electrons. The molecule has 118 valence electrons. The summed E-state index contributed by atoms with van der Waals surface area (Å²) in [6, 6.07) is 0. The minimum atomic E-state index is -1.28. The molecule has 1 heterocycles. The summed E-state index contributed by atoms with van der Waals surface area (Å²) < 4.78 is 5.31. The number of hydrogen-bond donors (Lipinski definition) is 0. The summed E-state index contributed by atoms with van der Waals surface area (Å²) in [4.78, 5) is 24.9. The lowest BCUT2D eigenvalue weighted by Gasteiger charge is -2.30. The number of carbonyl (C=O) groups is 2. The maximum absolute atomic E-state index is 11.9. The van der Waals surface area contributed by atoms with Crippen LogP contribution in [0.1, 0.15) is 32.6 Å². The molecule has 1 fully saturated rings. The maximum Gasteiger partial charge on any atom is 0.309 e. The van der Waals surface area contributed by atoms with Crippen LogP contribution in [0.4, 0.5) is 0 Å². The Morgan fingerprint density at radius 2 is 1.86 bits per heavy atom. The number of likely N-dealkylation sites (tertiary alicyclic amines) is 1. The van der Waals surface area contributed by atoms with E-state index in [9.17, 15) is 9.59 Å². The predicted molar refractivity (Wildman–Crippen MR) is 86.3 cm³/mol. The molecule has 1 rings (SSSR count). The third kappa shape index (κ3) is 7.33. The van der Waals surface area contributed by atoms with Crippen LogP contribution in [0, 0.1) is 17.4 Å². The zero-order valence-corrected chi connectivity index (χ0v) is 14.7. The number of piperidine rings is 1. The highest BCUT2D eigenvalue weighted by atomic mass is 28.3. The number of nitrogens with zero attached hydrogens (tertiary/aromatic N) is 1. The van der Waals surface area contributed by atoms with Crippen molar-refractivity contribution in [3.05, 3.63) is 0 Å². The Hall–Kier alpha value is -1.28. The minimum Gasteiger partial charge on any atom is -0.465 e. The Balaban J connectivity index is 2.17. The standard InChI is InChI=1S/C16H27NO3Si/c1-14(18)17-10-8-15(9-11-17)16(19)20-12-6-5-7-13-21(2,3)4/h15H,5-6,8-12H2,1-4H3. The van der Waals surface area contributed by atoms with Crippen LogP contribution in [-0.4, -0.2) is 44.5 Å². The second kappa shape index (κ2) is 8.23. The van der Waals surface area contributed by atoms with Gasteiger partial charge >= 0.3 is 5.97 Å². The van der Waals surface area contributed by atoms with Crippen molar-refractivity contribution >= 4 is 20.0 Å². The minimum absolute atomic E-state index is 0.0475. The van der Waals surface area contributed by atoms with Gasteiger partial charge in [0.15, 0.2) is 0 Å². The largest absolute Gasteiger partial charge is 0.465 e. The normalized spacial score (nSPS) is 16.1. The first kappa shape index (κ1) is 17.8. The smallest absolute Gasteiger partial charge is 0.309 e. The average molecular weight is 309 g/mol. The number of amides is 1. The van der Waals surface area contributed by atoms with Crippen LogP contribution in [0.5, 0.6) is 0 Å². The Kier molecular flexibility index (Phi) is 6.96. The van der Waals surface area contributed by atoms with Crippen LogP contribution in [0.25, 0.3) is 0 Å². The highest BCUT2D eigenvalue weighted by Crippen LogP contribution is 2.18. The second-order valence-electron chi connectivity index (χ2n) is 6.60. The Morgan fingerprint density at radius 3 is 2.38 bits per heavy atom. The lowest BCUT2D eigenvalue weighted by molar-refractivity contribution is -0.151. The average Bonchev–Trinajstić information content (AvgIpc) is 2.41. The molecule has 1 aliphatic rings. The van der Waals surface area contributed by atoms with Gasteiger partial charge in [-0.3, -0.25) is 9.59 Å². The number of hydrogen-bond acceptors (Lipinski definition) is 3. The van der Waals surface area contributed by atoms with Gasteiger partial charge < -0.3 is 9.64 Å². The second-order valence-corrected chi connectivity index (χ2v) is 11.4. The zero-order chi connectivity index (χ0) is 15.9. The molecule has 0 unspecified atom stereocenters. The molecular formula is C16H27NO3Si. The van der Waals surface area contributed by atoms with E-state index in [1.54, 1.807) is 11.8 Å². The van der Waals surface area contributed by atoms with Gasteiger partial charge in [0.25, 0.3) is 0 Å². The molecule has 0 bridgehead atoms. The topological polar surface area (TPSA) is 46.6 Å². The van der Waals surface area contributed by atoms with Gasteiger partial charge in [-0.05, 0) is 19.3 Å². The maximum atomic E-state index is 11.9. The van der Waals surface area contributed by atoms with E-state index in [0.717, 1.165) is 12.8 Å². The van der Waals surface area contributed by atoms with Crippen molar-refractivity contribution in [1.82, 2.24) is 4.90 Å². The Labute approximate surface area is 129 Å². The fourth-order valence-corrected chi connectivity index (χ4v) is 2.86. The van der Waals surface area contributed by atoms with E-state index in [4.69, 9.17) is 4.74 Å². The molecule has 1 saturated heterocycles. The summed E-state index contributed by atoms with van der Waals surface area (Å²) in [6.45, 7) is 9.99. The molecule has 4 nitrogen and oxygen atoms in total. The van der Waals surface area contributed by atoms with Gasteiger partial charge in [-0.15, -0.1) is 11.5 Å². The molecule has 0 aromatic rings. The van der Waals surface area contributed by atoms with Crippen LogP contribution in [0.2, 0.25) is 19.6 Å². The quantitative estimate of drug-likeness (QED) is 0.347. The van der Waals surface area contributed by atoms with Gasteiger partial charge in [-0.25, -0.2) is 0 Å². The number of carbonyl (C=O) groups excluding carboxylic acids is 2. The van der Waals surface area contributed by atoms with E-state index in [-0.39, 0.29) is 17.8 Å². The first-order valence-electron chi connectivity index (χ1n) is 7.72. The summed E-state index contributed by atoms with van der Waals surface area (Å²) in [7, 11) is -1.28. The van der Waals surface area contributed by atoms with Gasteiger partial charge in [0.05, 0.1) is 12.5 Å². The van der Waals surface area contributed by atoms with E-state index < -0.39 is 8.07 Å². The van der Waals surface area contributed by atoms with Crippen LogP contribution in [-0.2, 0) is 14.3 Å². The fourth-order valence-electron chi connectivity index (χ4n) is 2.21. The van der Waals surface area contributed by atoms with Crippen molar-refractivity contribution in [3.63, 3.8) is 0 Å². The summed E-state index contributed by atoms with van der Waals surface area (Å²) in [5, 5.41) is 0. The highest BCUT2D eigenvalue weighted by molar-refractivity contribution is 6.83. The van der Waals surface area contributed by atoms with Gasteiger partial charge in [0.2, 0.25) is 5.91 Å². The van der Waals surface area contributed by atoms with Gasteiger partial charge in [-0.1, -0.05) is 19.6 Å². The first-order valence-corrected chi connectivity index (χ1v) is 11.2. The van der Waals surface area contributed by atoms with Crippen molar-refractivity contribution in [1.29, 1.82) is 0 Å². The van der Waals surface area contributed by atoms with Crippen molar-refractivity contribution in [2.45, 2.75) is 52.2 Å². The summed E-state index contributed by atoms with van der Waals surface area (Å²) >= 11 is 0. The molecule has 0 spiro atoms. The molecule has 0 N–H and O–H groups in total. The van der Waals surface area contributed by atoms with Crippen LogP contribution < -0.4 is 0 Å². The number of unbranched alkanes of at least 4 members (excludes halogenated alkanes) is 1. The van der Waals surface area contributed by atoms with Crippen LogP contribution in [0.15, 0.2) is 0 Å². The SMILES string of the molecule is CC(=O)N1CCC(C(=O)OCCCC#C[Si](C)(C)C)CC1. The molecular weight excluding hydrogens is 282 g/mol. The molecule has 0 aliphatic carbocycles. The lowest BCUT2D eigenvalue weighted by Crippen LogP contribution is -2.39. The molecule has 1 aliphatic heterocycles. The highest BCUT2D eigenvalue weighted by Gasteiger charge is 2.26. The van der Waals surface area contributed by atoms with Crippen LogP contribution >= 0.6 is 0 Å². The molecule has 0 saturated carbocycles. The predicted octanol–water partition coefficient (Wildman–Crippen LogP) is 2.45. The van der Waals surface area contributed by atoms with Crippen molar-refractivity contribution in [2.24, 2.45) is 5.92 Å². The Morgan fingerprint density at radius 1 is 1.24 bits per heavy atom. The van der Waals surface area contributed by atoms with Crippen LogP contribution in [0.3, 0.4) is 0 Å². The van der Waals surface area contributed by atoms with Crippen molar-refractivity contribution in [2.75, 3.05) is 19.7 Å². The summed E-state index contributed by atoms with van der Waals surface area (Å²) in [6.07, 6.45) is 3.03. The van der Waals surface area contributed by atoms with E-state index in [1.807, 2.05) is 0 Å². The Bertz CT molecular complexity index is 423. The molecule has 0 atom stereocenters. The third-order valence-electron chi connectivity index (χ3n) is 3.43. The summed E-state index contributed by atoms with van der Waals surface area (Å²) in [5.41, 5.74) is 3.30. The van der Waals surface area contributed by atoms with E-state index in [1.165, 1.54) is 0 Å². The van der Waals surface area contributed by atoms with E-state index >= 15 is 0 Å². The van der Waals surface area contributed by atoms with Crippen molar-refractivity contribution in [3.8, 4) is 11.5 Å². The number of esters is 1. The number of rotatable bonds is 4. The number of ether oxygens (including phenoxy) is 1. The van der Waals surface area contributed by atoms with Crippen molar-refractivity contribution < 1.29 is 14.3 Å². The fraction of sp³-hybridized carbons (Fsp3) is 0.750. The van der Waals surface area contributed by atoms with E-state index in [0.29, 0.717) is 32.5 Å². The van der Waals surface area contributed by atoms with Gasteiger partial charge in [0, 0.05) is 26.4 Å². The first-order chi connectivity index (χ1) is 9.79. The summed E-state index contributed by atoms with van der Waals surface area (Å²) in [5.74, 6) is 3.10. The molecule has 1 amide bonds. The molecule has 21 heavy (non-hydrogen) atoms. The van der Waals surface area contributed by atoms with E-state index in [2.05, 4.69) is 31.1 Å².